The molecule has 0 saturated carbocycles. The highest BCUT2D eigenvalue weighted by Gasteiger charge is 2.06. The van der Waals surface area contributed by atoms with Crippen molar-refractivity contribution in [3.8, 4) is 22.4 Å². The number of fused-ring (bicyclic) bond motifs is 1. The lowest BCUT2D eigenvalue weighted by molar-refractivity contribution is 0.282. The second-order valence-corrected chi connectivity index (χ2v) is 6.11. The van der Waals surface area contributed by atoms with Crippen LogP contribution in [0.25, 0.3) is 27.9 Å². The summed E-state index contributed by atoms with van der Waals surface area (Å²) in [7, 11) is 0. The van der Waals surface area contributed by atoms with Gasteiger partial charge in [0.1, 0.15) is 0 Å². The van der Waals surface area contributed by atoms with Crippen molar-refractivity contribution in [1.29, 1.82) is 0 Å². The number of halogens is 1. The number of hydrogen-bond donors (Lipinski definition) is 1. The molecule has 0 unspecified atom stereocenters. The fraction of sp³-hybridized carbons (Fsp3) is 0.0500. The van der Waals surface area contributed by atoms with Crippen LogP contribution in [0.3, 0.4) is 0 Å². The first-order chi connectivity index (χ1) is 11.7. The number of aromatic nitrogens is 2. The molecule has 0 bridgehead atoms. The van der Waals surface area contributed by atoms with Gasteiger partial charge in [0.25, 0.3) is 0 Å². The smallest absolute Gasteiger partial charge is 0.0933 e. The van der Waals surface area contributed by atoms with Gasteiger partial charge in [-0.2, -0.15) is 5.10 Å². The first-order valence-electron chi connectivity index (χ1n) is 7.68. The molecule has 24 heavy (non-hydrogen) atoms. The van der Waals surface area contributed by atoms with Gasteiger partial charge in [-0.1, -0.05) is 48.0 Å². The molecule has 0 saturated heterocycles. The second kappa shape index (κ2) is 6.11. The zero-order valence-electron chi connectivity index (χ0n) is 12.9. The zero-order valence-corrected chi connectivity index (χ0v) is 13.6. The summed E-state index contributed by atoms with van der Waals surface area (Å²) < 4.78 is 1.87. The van der Waals surface area contributed by atoms with Gasteiger partial charge in [0.2, 0.25) is 0 Å². The van der Waals surface area contributed by atoms with Crippen LogP contribution in [0.4, 0.5) is 0 Å². The molecule has 4 rings (SSSR count). The molecule has 0 amide bonds. The number of pyridine rings is 1. The lowest BCUT2D eigenvalue weighted by atomic mass is 10.0. The molecule has 0 aliphatic carbocycles. The van der Waals surface area contributed by atoms with Gasteiger partial charge in [0.15, 0.2) is 0 Å². The van der Waals surface area contributed by atoms with E-state index < -0.39 is 0 Å². The fourth-order valence-electron chi connectivity index (χ4n) is 2.74. The van der Waals surface area contributed by atoms with Gasteiger partial charge >= 0.3 is 0 Å². The van der Waals surface area contributed by atoms with E-state index in [1.54, 1.807) is 0 Å². The highest BCUT2D eigenvalue weighted by molar-refractivity contribution is 6.30. The predicted molar refractivity (Wildman–Crippen MR) is 97.0 cm³/mol. The summed E-state index contributed by atoms with van der Waals surface area (Å²) in [6, 6.07) is 21.8. The molecule has 2 heterocycles. The van der Waals surface area contributed by atoms with Gasteiger partial charge in [-0.05, 0) is 47.0 Å². The van der Waals surface area contributed by atoms with E-state index in [1.165, 1.54) is 0 Å². The van der Waals surface area contributed by atoms with Crippen LogP contribution in [0.15, 0.2) is 72.9 Å². The highest BCUT2D eigenvalue weighted by Crippen LogP contribution is 2.25. The van der Waals surface area contributed by atoms with Gasteiger partial charge in [-0.25, -0.2) is 4.52 Å². The Morgan fingerprint density at radius 2 is 1.54 bits per heavy atom. The lowest BCUT2D eigenvalue weighted by Gasteiger charge is -2.03. The number of rotatable bonds is 3. The number of aliphatic hydroxyl groups is 1. The van der Waals surface area contributed by atoms with Gasteiger partial charge in [-0.3, -0.25) is 0 Å². The van der Waals surface area contributed by atoms with E-state index in [0.717, 1.165) is 38.5 Å². The standard InChI is InChI=1S/C20H15ClN2O/c21-18-7-5-16(6-8-18)20-12-19-11-17(9-10-23(19)22-20)15-3-1-14(13-24)2-4-15/h1-12,24H,13H2. The Kier molecular flexibility index (Phi) is 3.81. The Bertz CT molecular complexity index is 989. The summed E-state index contributed by atoms with van der Waals surface area (Å²) in [4.78, 5) is 0. The monoisotopic (exact) mass is 334 g/mol. The zero-order chi connectivity index (χ0) is 16.5. The van der Waals surface area contributed by atoms with E-state index >= 15 is 0 Å². The van der Waals surface area contributed by atoms with E-state index in [4.69, 9.17) is 16.7 Å². The largest absolute Gasteiger partial charge is 0.392 e. The van der Waals surface area contributed by atoms with Crippen molar-refractivity contribution in [2.45, 2.75) is 6.61 Å². The highest BCUT2D eigenvalue weighted by atomic mass is 35.5. The maximum atomic E-state index is 9.15. The van der Waals surface area contributed by atoms with Crippen molar-refractivity contribution in [3.05, 3.63) is 83.5 Å². The molecule has 0 spiro atoms. The van der Waals surface area contributed by atoms with Crippen molar-refractivity contribution >= 4 is 17.1 Å². The maximum absolute atomic E-state index is 9.15. The Hall–Kier alpha value is -2.62. The van der Waals surface area contributed by atoms with Crippen LogP contribution >= 0.6 is 11.6 Å². The second-order valence-electron chi connectivity index (χ2n) is 5.68. The van der Waals surface area contributed by atoms with Crippen LogP contribution in [-0.2, 0) is 6.61 Å². The quantitative estimate of drug-likeness (QED) is 0.583. The Labute approximate surface area is 144 Å². The molecule has 1 N–H and O–H groups in total. The molecular weight excluding hydrogens is 320 g/mol. The predicted octanol–water partition coefficient (Wildman–Crippen LogP) is 4.81. The summed E-state index contributed by atoms with van der Waals surface area (Å²) in [6.07, 6.45) is 1.96. The van der Waals surface area contributed by atoms with Crippen molar-refractivity contribution in [1.82, 2.24) is 9.61 Å². The third-order valence-electron chi connectivity index (χ3n) is 4.07. The van der Waals surface area contributed by atoms with Crippen LogP contribution < -0.4 is 0 Å². The maximum Gasteiger partial charge on any atom is 0.0933 e. The molecule has 0 aliphatic heterocycles. The molecule has 2 aromatic heterocycles. The van der Waals surface area contributed by atoms with Gasteiger partial charge in [-0.15, -0.1) is 0 Å². The fourth-order valence-corrected chi connectivity index (χ4v) is 2.86. The molecular formula is C20H15ClN2O. The topological polar surface area (TPSA) is 37.5 Å². The van der Waals surface area contributed by atoms with E-state index in [9.17, 15) is 0 Å². The number of hydrogen-bond acceptors (Lipinski definition) is 2. The minimum Gasteiger partial charge on any atom is -0.392 e. The molecule has 0 aliphatic rings. The SMILES string of the molecule is OCc1ccc(-c2ccn3nc(-c4ccc(Cl)cc4)cc3c2)cc1. The summed E-state index contributed by atoms with van der Waals surface area (Å²) in [5.74, 6) is 0. The number of aliphatic hydroxyl groups excluding tert-OH is 1. The number of nitrogens with zero attached hydrogens (tertiary/aromatic N) is 2. The van der Waals surface area contributed by atoms with Crippen LogP contribution in [0.1, 0.15) is 5.56 Å². The first-order valence-corrected chi connectivity index (χ1v) is 8.06. The third-order valence-corrected chi connectivity index (χ3v) is 4.33. The minimum atomic E-state index is 0.0619. The molecule has 118 valence electrons. The average molecular weight is 335 g/mol. The van der Waals surface area contributed by atoms with E-state index in [0.29, 0.717) is 0 Å². The van der Waals surface area contributed by atoms with E-state index in [1.807, 2.05) is 65.3 Å². The molecule has 0 atom stereocenters. The van der Waals surface area contributed by atoms with Gasteiger partial charge in [0, 0.05) is 16.8 Å². The van der Waals surface area contributed by atoms with Crippen molar-refractivity contribution in [3.63, 3.8) is 0 Å². The minimum absolute atomic E-state index is 0.0619. The normalized spacial score (nSPS) is 11.1. The van der Waals surface area contributed by atoms with Crippen molar-refractivity contribution in [2.24, 2.45) is 0 Å². The van der Waals surface area contributed by atoms with Crippen LogP contribution in [0.2, 0.25) is 5.02 Å². The van der Waals surface area contributed by atoms with Gasteiger partial charge < -0.3 is 5.11 Å². The van der Waals surface area contributed by atoms with Crippen LogP contribution in [0, 0.1) is 0 Å². The Morgan fingerprint density at radius 3 is 2.25 bits per heavy atom. The summed E-state index contributed by atoms with van der Waals surface area (Å²) >= 11 is 5.95. The van der Waals surface area contributed by atoms with Gasteiger partial charge in [0.05, 0.1) is 17.8 Å². The van der Waals surface area contributed by atoms with E-state index in [2.05, 4.69) is 17.2 Å². The van der Waals surface area contributed by atoms with Crippen LogP contribution in [0.5, 0.6) is 0 Å². The molecule has 0 radical (unpaired) electrons. The first kappa shape index (κ1) is 14.9. The summed E-state index contributed by atoms with van der Waals surface area (Å²) in [6.45, 7) is 0.0619. The lowest BCUT2D eigenvalue weighted by Crippen LogP contribution is -1.88. The summed E-state index contributed by atoms with van der Waals surface area (Å²) in [5, 5.41) is 14.5. The van der Waals surface area contributed by atoms with Crippen molar-refractivity contribution in [2.75, 3.05) is 0 Å². The molecule has 4 aromatic rings. The molecule has 0 fully saturated rings. The molecule has 4 heteroatoms. The Morgan fingerprint density at radius 1 is 0.833 bits per heavy atom. The third kappa shape index (κ3) is 2.80. The van der Waals surface area contributed by atoms with Crippen molar-refractivity contribution < 1.29 is 5.11 Å². The number of benzene rings is 2. The molecule has 3 nitrogen and oxygen atoms in total. The van der Waals surface area contributed by atoms with E-state index in [-0.39, 0.29) is 6.61 Å². The average Bonchev–Trinajstić information content (AvgIpc) is 3.05. The molecule has 2 aromatic carbocycles. The summed E-state index contributed by atoms with van der Waals surface area (Å²) in [5.41, 5.74) is 6.13. The van der Waals surface area contributed by atoms with Crippen LogP contribution in [-0.4, -0.2) is 14.7 Å². The Balaban J connectivity index is 1.73.